The average molecular weight is 308 g/mol. The second kappa shape index (κ2) is 7.05. The second-order valence-corrected chi connectivity index (χ2v) is 5.78. The van der Waals surface area contributed by atoms with E-state index in [9.17, 15) is 0 Å². The fraction of sp³-hybridized carbons (Fsp3) is 0.500. The van der Waals surface area contributed by atoms with E-state index in [1.807, 2.05) is 12.1 Å². The Hall–Kier alpha value is -1.39. The Kier molecular flexibility index (Phi) is 5.37. The van der Waals surface area contributed by atoms with Crippen molar-refractivity contribution in [1.82, 2.24) is 10.1 Å². The summed E-state index contributed by atoms with van der Waals surface area (Å²) in [6, 6.07) is 8.59. The molecule has 2 aromatic rings. The van der Waals surface area contributed by atoms with Crippen LogP contribution in [-0.4, -0.2) is 16.2 Å². The molecule has 0 radical (unpaired) electrons. The smallest absolute Gasteiger partial charge is 0.229 e. The number of nitrogens with two attached hydrogens (primary N) is 1. The molecule has 1 aliphatic carbocycles. The van der Waals surface area contributed by atoms with Crippen LogP contribution in [0.25, 0.3) is 0 Å². The summed E-state index contributed by atoms with van der Waals surface area (Å²) in [6.45, 7) is 2.11. The molecule has 0 saturated heterocycles. The number of halogens is 1. The van der Waals surface area contributed by atoms with Crippen LogP contribution in [0.3, 0.4) is 0 Å². The predicted molar refractivity (Wildman–Crippen MR) is 84.7 cm³/mol. The zero-order chi connectivity index (χ0) is 13.9. The van der Waals surface area contributed by atoms with E-state index < -0.39 is 0 Å². The van der Waals surface area contributed by atoms with Crippen molar-refractivity contribution in [3.8, 4) is 0 Å². The Bertz CT molecular complexity index is 584. The lowest BCUT2D eigenvalue weighted by atomic mass is 9.86. The second-order valence-electron chi connectivity index (χ2n) is 5.78. The van der Waals surface area contributed by atoms with Crippen LogP contribution >= 0.6 is 12.4 Å². The molecule has 3 rings (SSSR count). The lowest BCUT2D eigenvalue weighted by Gasteiger charge is -2.23. The van der Waals surface area contributed by atoms with Gasteiger partial charge in [0.2, 0.25) is 5.89 Å². The molecule has 0 amide bonds. The fourth-order valence-corrected chi connectivity index (χ4v) is 2.94. The van der Waals surface area contributed by atoms with Gasteiger partial charge in [0.25, 0.3) is 0 Å². The number of hydrogen-bond acceptors (Lipinski definition) is 4. The first-order chi connectivity index (χ1) is 9.72. The van der Waals surface area contributed by atoms with E-state index in [1.165, 1.54) is 11.1 Å². The molecule has 0 aliphatic heterocycles. The van der Waals surface area contributed by atoms with Gasteiger partial charge in [-0.25, -0.2) is 0 Å². The first-order valence-corrected chi connectivity index (χ1v) is 7.35. The lowest BCUT2D eigenvalue weighted by Crippen LogP contribution is -2.26. The highest BCUT2D eigenvalue weighted by atomic mass is 35.5. The normalized spacial score (nSPS) is 21.8. The number of benzene rings is 1. The third-order valence-electron chi connectivity index (χ3n) is 4.16. The first-order valence-electron chi connectivity index (χ1n) is 7.35. The molecular weight excluding hydrogens is 286 g/mol. The monoisotopic (exact) mass is 307 g/mol. The number of aryl methyl sites for hydroxylation is 1. The Balaban J connectivity index is 0.00000161. The lowest BCUT2D eigenvalue weighted by molar-refractivity contribution is 0.297. The third kappa shape index (κ3) is 3.83. The number of nitrogens with zero attached hydrogens (tertiary/aromatic N) is 2. The van der Waals surface area contributed by atoms with Crippen LogP contribution in [0, 0.1) is 6.92 Å². The minimum atomic E-state index is 0. The molecule has 1 aromatic carbocycles. The van der Waals surface area contributed by atoms with Gasteiger partial charge in [-0.15, -0.1) is 12.4 Å². The Labute approximate surface area is 131 Å². The van der Waals surface area contributed by atoms with Crippen molar-refractivity contribution in [2.45, 2.75) is 51.0 Å². The highest BCUT2D eigenvalue weighted by Crippen LogP contribution is 2.31. The van der Waals surface area contributed by atoms with Gasteiger partial charge in [0.1, 0.15) is 0 Å². The average Bonchev–Trinajstić information content (AvgIpc) is 2.90. The summed E-state index contributed by atoms with van der Waals surface area (Å²) in [7, 11) is 0. The molecule has 4 nitrogen and oxygen atoms in total. The van der Waals surface area contributed by atoms with Crippen molar-refractivity contribution in [2.24, 2.45) is 5.73 Å². The summed E-state index contributed by atoms with van der Waals surface area (Å²) in [4.78, 5) is 4.57. The van der Waals surface area contributed by atoms with Crippen LogP contribution in [0.2, 0.25) is 0 Å². The van der Waals surface area contributed by atoms with Crippen molar-refractivity contribution >= 4 is 12.4 Å². The van der Waals surface area contributed by atoms with Crippen molar-refractivity contribution < 1.29 is 4.52 Å². The fourth-order valence-electron chi connectivity index (χ4n) is 2.94. The van der Waals surface area contributed by atoms with Crippen LogP contribution in [0.4, 0.5) is 0 Å². The Morgan fingerprint density at radius 3 is 2.86 bits per heavy atom. The number of hydrogen-bond donors (Lipinski definition) is 1. The van der Waals surface area contributed by atoms with Gasteiger partial charge in [0, 0.05) is 18.4 Å². The van der Waals surface area contributed by atoms with Gasteiger partial charge < -0.3 is 10.3 Å². The van der Waals surface area contributed by atoms with Crippen LogP contribution in [0.15, 0.2) is 28.8 Å². The van der Waals surface area contributed by atoms with Crippen LogP contribution < -0.4 is 5.73 Å². The van der Waals surface area contributed by atoms with E-state index in [0.717, 1.165) is 43.8 Å². The third-order valence-corrected chi connectivity index (χ3v) is 4.16. The highest BCUT2D eigenvalue weighted by molar-refractivity contribution is 5.85. The molecule has 1 saturated carbocycles. The SMILES string of the molecule is Cc1ccccc1Cc1noc(C2CCCC(N)C2)n1.Cl. The Morgan fingerprint density at radius 1 is 1.29 bits per heavy atom. The van der Waals surface area contributed by atoms with E-state index in [-0.39, 0.29) is 18.4 Å². The van der Waals surface area contributed by atoms with Crippen molar-refractivity contribution in [3.63, 3.8) is 0 Å². The molecule has 0 bridgehead atoms. The highest BCUT2D eigenvalue weighted by Gasteiger charge is 2.25. The molecule has 2 N–H and O–H groups in total. The Morgan fingerprint density at radius 2 is 2.10 bits per heavy atom. The molecule has 2 atom stereocenters. The molecule has 1 fully saturated rings. The maximum Gasteiger partial charge on any atom is 0.229 e. The maximum absolute atomic E-state index is 6.02. The molecule has 21 heavy (non-hydrogen) atoms. The molecule has 5 heteroatoms. The van der Waals surface area contributed by atoms with Crippen LogP contribution in [0.1, 0.15) is 54.4 Å². The van der Waals surface area contributed by atoms with Gasteiger partial charge >= 0.3 is 0 Å². The van der Waals surface area contributed by atoms with Gasteiger partial charge in [-0.05, 0) is 37.3 Å². The summed E-state index contributed by atoms with van der Waals surface area (Å²) >= 11 is 0. The summed E-state index contributed by atoms with van der Waals surface area (Å²) < 4.78 is 5.45. The predicted octanol–water partition coefficient (Wildman–Crippen LogP) is 3.38. The molecule has 1 aliphatic rings. The van der Waals surface area contributed by atoms with Crippen molar-refractivity contribution in [3.05, 3.63) is 47.1 Å². The molecule has 1 heterocycles. The molecule has 2 unspecified atom stereocenters. The molecule has 0 spiro atoms. The summed E-state index contributed by atoms with van der Waals surface area (Å²) in [5.74, 6) is 1.88. The zero-order valence-electron chi connectivity index (χ0n) is 12.3. The van der Waals surface area contributed by atoms with E-state index in [1.54, 1.807) is 0 Å². The molecule has 114 valence electrons. The van der Waals surface area contributed by atoms with Gasteiger partial charge in [0.05, 0.1) is 0 Å². The van der Waals surface area contributed by atoms with E-state index in [0.29, 0.717) is 5.92 Å². The molecular formula is C16H22ClN3O. The standard InChI is InChI=1S/C16H21N3O.ClH/c1-11-5-2-3-6-12(11)10-15-18-16(20-19-15)13-7-4-8-14(17)9-13;/h2-3,5-6,13-14H,4,7-10,17H2,1H3;1H. The molecule has 1 aromatic heterocycles. The van der Waals surface area contributed by atoms with Crippen LogP contribution in [0.5, 0.6) is 0 Å². The van der Waals surface area contributed by atoms with Gasteiger partial charge in [0.15, 0.2) is 5.82 Å². The van der Waals surface area contributed by atoms with E-state index in [2.05, 4.69) is 29.2 Å². The van der Waals surface area contributed by atoms with Crippen molar-refractivity contribution in [2.75, 3.05) is 0 Å². The number of aromatic nitrogens is 2. The van der Waals surface area contributed by atoms with Crippen molar-refractivity contribution in [1.29, 1.82) is 0 Å². The summed E-state index contributed by atoms with van der Waals surface area (Å²) in [5.41, 5.74) is 8.54. The summed E-state index contributed by atoms with van der Waals surface area (Å²) in [5, 5.41) is 4.13. The minimum absolute atomic E-state index is 0. The van der Waals surface area contributed by atoms with Crippen LogP contribution in [-0.2, 0) is 6.42 Å². The van der Waals surface area contributed by atoms with Gasteiger partial charge in [-0.3, -0.25) is 0 Å². The van der Waals surface area contributed by atoms with Gasteiger partial charge in [-0.2, -0.15) is 4.98 Å². The first kappa shape index (κ1) is 16.0. The zero-order valence-corrected chi connectivity index (χ0v) is 13.1. The quantitative estimate of drug-likeness (QED) is 0.944. The summed E-state index contributed by atoms with van der Waals surface area (Å²) in [6.07, 6.45) is 5.07. The van der Waals surface area contributed by atoms with E-state index in [4.69, 9.17) is 10.3 Å². The maximum atomic E-state index is 6.02. The van der Waals surface area contributed by atoms with Gasteiger partial charge in [-0.1, -0.05) is 35.8 Å². The largest absolute Gasteiger partial charge is 0.339 e. The topological polar surface area (TPSA) is 64.9 Å². The number of rotatable bonds is 3. The minimum Gasteiger partial charge on any atom is -0.339 e. The van der Waals surface area contributed by atoms with E-state index >= 15 is 0 Å².